The molecule has 0 bridgehead atoms. The van der Waals surface area contributed by atoms with Gasteiger partial charge in [-0.25, -0.2) is 0 Å². The molecule has 3 aromatic rings. The number of carboxylic acids is 1. The summed E-state index contributed by atoms with van der Waals surface area (Å²) in [6, 6.07) is 14.0. The molecule has 0 fully saturated rings. The molecule has 0 spiro atoms. The minimum atomic E-state index is -0.814. The van der Waals surface area contributed by atoms with Crippen molar-refractivity contribution in [2.24, 2.45) is 11.3 Å². The minimum Gasteiger partial charge on any atom is -0.497 e. The van der Waals surface area contributed by atoms with E-state index in [2.05, 4.69) is 23.6 Å². The number of hydrogen-bond acceptors (Lipinski definition) is 2. The Bertz CT molecular complexity index is 1030. The lowest BCUT2D eigenvalue weighted by Crippen LogP contribution is -2.33. The number of benzene rings is 2. The van der Waals surface area contributed by atoms with Crippen molar-refractivity contribution in [3.63, 3.8) is 0 Å². The first-order valence-corrected chi connectivity index (χ1v) is 10.2. The minimum absolute atomic E-state index is 0.0334. The molecule has 29 heavy (non-hydrogen) atoms. The van der Waals surface area contributed by atoms with Crippen LogP contribution in [0.4, 0.5) is 0 Å². The number of carbonyl (C=O) groups is 1. The lowest BCUT2D eigenvalue weighted by Gasteiger charge is -2.28. The van der Waals surface area contributed by atoms with E-state index in [0.29, 0.717) is 18.0 Å². The van der Waals surface area contributed by atoms with Crippen molar-refractivity contribution in [2.45, 2.75) is 40.7 Å². The molecule has 0 aliphatic carbocycles. The SMILES string of the molecule is COc1ccc2c(c1)c(C)c(CC(C)C(C)(C)C(=O)O)n2Cc1ccc(Cl)cc1. The highest BCUT2D eigenvalue weighted by Crippen LogP contribution is 2.35. The van der Waals surface area contributed by atoms with Crippen molar-refractivity contribution >= 4 is 28.5 Å². The Morgan fingerprint density at radius 2 is 1.86 bits per heavy atom. The third-order valence-corrected chi connectivity index (χ3v) is 6.45. The predicted octanol–water partition coefficient (Wildman–Crippen LogP) is 5.95. The molecule has 5 heteroatoms. The van der Waals surface area contributed by atoms with Gasteiger partial charge >= 0.3 is 5.97 Å². The molecule has 0 saturated heterocycles. The van der Waals surface area contributed by atoms with Crippen LogP contribution in [0, 0.1) is 18.3 Å². The van der Waals surface area contributed by atoms with E-state index in [1.165, 1.54) is 5.56 Å². The fourth-order valence-electron chi connectivity index (χ4n) is 3.65. The zero-order valence-electron chi connectivity index (χ0n) is 17.6. The number of aromatic nitrogens is 1. The number of halogens is 1. The van der Waals surface area contributed by atoms with Crippen LogP contribution in [0.3, 0.4) is 0 Å². The fraction of sp³-hybridized carbons (Fsp3) is 0.375. The van der Waals surface area contributed by atoms with Crippen LogP contribution in [0.15, 0.2) is 42.5 Å². The average Bonchev–Trinajstić information content (AvgIpc) is 2.94. The summed E-state index contributed by atoms with van der Waals surface area (Å²) in [4.78, 5) is 11.8. The van der Waals surface area contributed by atoms with Crippen LogP contribution in [-0.2, 0) is 17.8 Å². The van der Waals surface area contributed by atoms with E-state index in [1.54, 1.807) is 21.0 Å². The van der Waals surface area contributed by atoms with Crippen molar-refractivity contribution in [2.75, 3.05) is 7.11 Å². The Labute approximate surface area is 177 Å². The molecular formula is C24H28ClNO3. The van der Waals surface area contributed by atoms with E-state index >= 15 is 0 Å². The molecule has 1 atom stereocenters. The first-order valence-electron chi connectivity index (χ1n) is 9.78. The van der Waals surface area contributed by atoms with Crippen molar-refractivity contribution < 1.29 is 14.6 Å². The Hall–Kier alpha value is -2.46. The quantitative estimate of drug-likeness (QED) is 0.520. The van der Waals surface area contributed by atoms with Gasteiger partial charge in [-0.05, 0) is 74.6 Å². The van der Waals surface area contributed by atoms with E-state index in [0.717, 1.165) is 27.9 Å². The van der Waals surface area contributed by atoms with E-state index in [-0.39, 0.29) is 5.92 Å². The van der Waals surface area contributed by atoms with Crippen molar-refractivity contribution in [1.29, 1.82) is 0 Å². The summed E-state index contributed by atoms with van der Waals surface area (Å²) in [5.41, 5.74) is 3.78. The molecule has 2 aromatic carbocycles. The molecular weight excluding hydrogens is 386 g/mol. The summed E-state index contributed by atoms with van der Waals surface area (Å²) >= 11 is 6.05. The van der Waals surface area contributed by atoms with Gasteiger partial charge in [0.15, 0.2) is 0 Å². The zero-order chi connectivity index (χ0) is 21.3. The molecule has 1 aromatic heterocycles. The third kappa shape index (κ3) is 4.13. The molecule has 4 nitrogen and oxygen atoms in total. The number of aliphatic carboxylic acids is 1. The number of ether oxygens (including phenoxy) is 1. The number of carboxylic acid groups (broad SMARTS) is 1. The van der Waals surface area contributed by atoms with Gasteiger partial charge in [-0.2, -0.15) is 0 Å². The smallest absolute Gasteiger partial charge is 0.309 e. The second kappa shape index (κ2) is 8.11. The van der Waals surface area contributed by atoms with Crippen LogP contribution in [0.5, 0.6) is 5.75 Å². The van der Waals surface area contributed by atoms with Gasteiger partial charge in [-0.15, -0.1) is 0 Å². The highest BCUT2D eigenvalue weighted by Gasteiger charge is 2.35. The second-order valence-corrected chi connectivity index (χ2v) is 8.74. The summed E-state index contributed by atoms with van der Waals surface area (Å²) in [6.07, 6.45) is 0.676. The van der Waals surface area contributed by atoms with Crippen LogP contribution in [-0.4, -0.2) is 22.8 Å². The van der Waals surface area contributed by atoms with E-state index in [4.69, 9.17) is 16.3 Å². The lowest BCUT2D eigenvalue weighted by molar-refractivity contribution is -0.149. The van der Waals surface area contributed by atoms with E-state index in [1.807, 2.05) is 37.3 Å². The summed E-state index contributed by atoms with van der Waals surface area (Å²) in [6.45, 7) is 8.41. The van der Waals surface area contributed by atoms with Crippen LogP contribution >= 0.6 is 11.6 Å². The molecule has 0 aliphatic rings. The third-order valence-electron chi connectivity index (χ3n) is 6.19. The summed E-state index contributed by atoms with van der Waals surface area (Å²) in [7, 11) is 1.67. The average molecular weight is 414 g/mol. The number of nitrogens with zero attached hydrogens (tertiary/aromatic N) is 1. The Balaban J connectivity index is 2.12. The molecule has 154 valence electrons. The van der Waals surface area contributed by atoms with Crippen LogP contribution in [0.25, 0.3) is 10.9 Å². The number of fused-ring (bicyclic) bond motifs is 1. The van der Waals surface area contributed by atoms with Crippen molar-refractivity contribution in [3.8, 4) is 5.75 Å². The van der Waals surface area contributed by atoms with E-state index in [9.17, 15) is 9.90 Å². The fourth-order valence-corrected chi connectivity index (χ4v) is 3.78. The first kappa shape index (κ1) is 21.3. The Kier molecular flexibility index (Phi) is 5.95. The molecule has 0 aliphatic heterocycles. The Morgan fingerprint density at radius 3 is 2.45 bits per heavy atom. The summed E-state index contributed by atoms with van der Waals surface area (Å²) in [5, 5.41) is 11.5. The summed E-state index contributed by atoms with van der Waals surface area (Å²) in [5.74, 6) is 0.00766. The normalized spacial score (nSPS) is 12.9. The van der Waals surface area contributed by atoms with Gasteiger partial charge in [0.1, 0.15) is 5.75 Å². The second-order valence-electron chi connectivity index (χ2n) is 8.30. The molecule has 0 amide bonds. The standard InChI is InChI=1S/C24H28ClNO3/c1-15(24(3,4)23(27)28)12-22-16(2)20-13-19(29-5)10-11-21(20)26(22)14-17-6-8-18(25)9-7-17/h6-11,13,15H,12,14H2,1-5H3,(H,27,28). The lowest BCUT2D eigenvalue weighted by atomic mass is 9.77. The molecule has 1 heterocycles. The number of rotatable bonds is 7. The molecule has 3 rings (SSSR count). The largest absolute Gasteiger partial charge is 0.497 e. The predicted molar refractivity (Wildman–Crippen MR) is 118 cm³/mol. The first-order chi connectivity index (χ1) is 13.6. The maximum atomic E-state index is 11.8. The number of methoxy groups -OCH3 is 1. The van der Waals surface area contributed by atoms with Crippen LogP contribution in [0.2, 0.25) is 5.02 Å². The zero-order valence-corrected chi connectivity index (χ0v) is 18.4. The van der Waals surface area contributed by atoms with Gasteiger partial charge in [-0.1, -0.05) is 30.7 Å². The number of aryl methyl sites for hydroxylation is 1. The maximum absolute atomic E-state index is 11.8. The molecule has 0 radical (unpaired) electrons. The van der Waals surface area contributed by atoms with Gasteiger partial charge in [0, 0.05) is 28.2 Å². The topological polar surface area (TPSA) is 51.5 Å². The maximum Gasteiger partial charge on any atom is 0.309 e. The Morgan fingerprint density at radius 1 is 1.21 bits per heavy atom. The molecule has 1 N–H and O–H groups in total. The van der Waals surface area contributed by atoms with Gasteiger partial charge in [-0.3, -0.25) is 4.79 Å². The van der Waals surface area contributed by atoms with E-state index < -0.39 is 11.4 Å². The van der Waals surface area contributed by atoms with Gasteiger partial charge in [0.05, 0.1) is 12.5 Å². The molecule has 0 saturated carbocycles. The highest BCUT2D eigenvalue weighted by atomic mass is 35.5. The van der Waals surface area contributed by atoms with Crippen molar-refractivity contribution in [3.05, 3.63) is 64.3 Å². The van der Waals surface area contributed by atoms with Crippen LogP contribution in [0.1, 0.15) is 37.6 Å². The number of hydrogen-bond donors (Lipinski definition) is 1. The van der Waals surface area contributed by atoms with Gasteiger partial charge in [0.2, 0.25) is 0 Å². The van der Waals surface area contributed by atoms with Gasteiger partial charge < -0.3 is 14.4 Å². The van der Waals surface area contributed by atoms with Gasteiger partial charge in [0.25, 0.3) is 0 Å². The summed E-state index contributed by atoms with van der Waals surface area (Å²) < 4.78 is 7.72. The molecule has 1 unspecified atom stereocenters. The monoisotopic (exact) mass is 413 g/mol. The van der Waals surface area contributed by atoms with Crippen LogP contribution < -0.4 is 4.74 Å². The van der Waals surface area contributed by atoms with Crippen molar-refractivity contribution in [1.82, 2.24) is 4.57 Å². The highest BCUT2D eigenvalue weighted by molar-refractivity contribution is 6.30.